The van der Waals surface area contributed by atoms with Gasteiger partial charge in [-0.2, -0.15) is 0 Å². The van der Waals surface area contributed by atoms with Crippen molar-refractivity contribution in [1.82, 2.24) is 5.32 Å². The number of rotatable bonds is 4. The highest BCUT2D eigenvalue weighted by molar-refractivity contribution is 7.09. The van der Waals surface area contributed by atoms with Crippen LogP contribution in [-0.4, -0.2) is 17.3 Å². The first kappa shape index (κ1) is 9.71. The highest BCUT2D eigenvalue weighted by Crippen LogP contribution is 2.08. The first-order valence-electron chi connectivity index (χ1n) is 4.14. The maximum atomic E-state index is 9.19. The summed E-state index contributed by atoms with van der Waals surface area (Å²) in [5.74, 6) is 0. The Bertz CT molecular complexity index is 208. The van der Waals surface area contributed by atoms with Gasteiger partial charge in [0.25, 0.3) is 0 Å². The van der Waals surface area contributed by atoms with Crippen LogP contribution < -0.4 is 5.32 Å². The molecule has 2 nitrogen and oxygen atoms in total. The molecule has 0 aliphatic carbocycles. The lowest BCUT2D eigenvalue weighted by Gasteiger charge is -2.15. The minimum atomic E-state index is -0.287. The minimum Gasteiger partial charge on any atom is -0.392 e. The van der Waals surface area contributed by atoms with Crippen molar-refractivity contribution in [2.24, 2.45) is 0 Å². The zero-order valence-electron chi connectivity index (χ0n) is 7.45. The summed E-state index contributed by atoms with van der Waals surface area (Å²) < 4.78 is 0. The summed E-state index contributed by atoms with van der Waals surface area (Å²) in [6.07, 6.45) is -0.287. The number of nitrogens with one attached hydrogen (secondary N) is 1. The summed E-state index contributed by atoms with van der Waals surface area (Å²) in [4.78, 5) is 1.31. The summed E-state index contributed by atoms with van der Waals surface area (Å²) >= 11 is 1.73. The zero-order valence-corrected chi connectivity index (χ0v) is 8.27. The van der Waals surface area contributed by atoms with Gasteiger partial charge in [0.05, 0.1) is 6.10 Å². The van der Waals surface area contributed by atoms with Gasteiger partial charge in [-0.05, 0) is 25.3 Å². The topological polar surface area (TPSA) is 32.3 Å². The van der Waals surface area contributed by atoms with Crippen molar-refractivity contribution >= 4 is 11.3 Å². The molecule has 0 amide bonds. The van der Waals surface area contributed by atoms with Crippen LogP contribution in [0.3, 0.4) is 0 Å². The molecule has 1 aromatic rings. The van der Waals surface area contributed by atoms with Crippen LogP contribution in [0.5, 0.6) is 0 Å². The highest BCUT2D eigenvalue weighted by Gasteiger charge is 2.06. The van der Waals surface area contributed by atoms with Crippen molar-refractivity contribution in [3.8, 4) is 0 Å². The smallest absolute Gasteiger partial charge is 0.0662 e. The first-order valence-corrected chi connectivity index (χ1v) is 5.02. The maximum absolute atomic E-state index is 9.19. The molecular weight excluding hydrogens is 170 g/mol. The predicted octanol–water partition coefficient (Wildman–Crippen LogP) is 1.61. The molecule has 2 N–H and O–H groups in total. The largest absolute Gasteiger partial charge is 0.392 e. The lowest BCUT2D eigenvalue weighted by Crippen LogP contribution is -2.34. The monoisotopic (exact) mass is 185 g/mol. The lowest BCUT2D eigenvalue weighted by atomic mass is 10.2. The van der Waals surface area contributed by atoms with Gasteiger partial charge in [-0.1, -0.05) is 6.07 Å². The Hall–Kier alpha value is -0.380. The Morgan fingerprint density at radius 1 is 1.58 bits per heavy atom. The molecule has 3 heteroatoms. The van der Waals surface area contributed by atoms with E-state index < -0.39 is 0 Å². The van der Waals surface area contributed by atoms with Gasteiger partial charge in [0.15, 0.2) is 0 Å². The van der Waals surface area contributed by atoms with Gasteiger partial charge in [-0.3, -0.25) is 0 Å². The molecule has 12 heavy (non-hydrogen) atoms. The van der Waals surface area contributed by atoms with Crippen LogP contribution in [0, 0.1) is 0 Å². The molecule has 0 aromatic carbocycles. The van der Waals surface area contributed by atoms with Crippen LogP contribution in [-0.2, 0) is 6.54 Å². The normalized spacial score (nSPS) is 15.9. The van der Waals surface area contributed by atoms with Crippen LogP contribution in [0.1, 0.15) is 18.7 Å². The van der Waals surface area contributed by atoms with Crippen molar-refractivity contribution in [3.63, 3.8) is 0 Å². The standard InChI is InChI=1S/C9H15NOS/c1-7(8(2)11)10-6-9-4-3-5-12-9/h3-5,7-8,10-11H,6H2,1-2H3. The van der Waals surface area contributed by atoms with E-state index in [0.29, 0.717) is 0 Å². The fraction of sp³-hybridized carbons (Fsp3) is 0.556. The fourth-order valence-electron chi connectivity index (χ4n) is 0.845. The second kappa shape index (κ2) is 4.60. The molecule has 0 aliphatic heterocycles. The Morgan fingerprint density at radius 2 is 2.33 bits per heavy atom. The number of thiophene rings is 1. The van der Waals surface area contributed by atoms with Gasteiger partial charge in [0, 0.05) is 17.5 Å². The molecule has 0 spiro atoms. The van der Waals surface area contributed by atoms with Crippen LogP contribution in [0.2, 0.25) is 0 Å². The van der Waals surface area contributed by atoms with Crippen molar-refractivity contribution < 1.29 is 5.11 Å². The van der Waals surface area contributed by atoms with Crippen LogP contribution in [0.4, 0.5) is 0 Å². The SMILES string of the molecule is CC(O)C(C)NCc1cccs1. The number of aliphatic hydroxyl groups is 1. The van der Waals surface area contributed by atoms with E-state index >= 15 is 0 Å². The third kappa shape index (κ3) is 2.93. The predicted molar refractivity (Wildman–Crippen MR) is 52.3 cm³/mol. The molecule has 1 rings (SSSR count). The van der Waals surface area contributed by atoms with E-state index in [2.05, 4.69) is 16.8 Å². The zero-order chi connectivity index (χ0) is 8.97. The van der Waals surface area contributed by atoms with Gasteiger partial charge in [-0.15, -0.1) is 11.3 Å². The number of aliphatic hydroxyl groups excluding tert-OH is 1. The number of hydrogen-bond acceptors (Lipinski definition) is 3. The molecule has 0 radical (unpaired) electrons. The molecular formula is C9H15NOS. The van der Waals surface area contributed by atoms with E-state index in [1.807, 2.05) is 13.0 Å². The molecule has 68 valence electrons. The van der Waals surface area contributed by atoms with Gasteiger partial charge in [0.2, 0.25) is 0 Å². The Balaban J connectivity index is 2.27. The van der Waals surface area contributed by atoms with Crippen molar-refractivity contribution in [2.75, 3.05) is 0 Å². The summed E-state index contributed by atoms with van der Waals surface area (Å²) in [6.45, 7) is 4.63. The molecule has 0 saturated carbocycles. The summed E-state index contributed by atoms with van der Waals surface area (Å²) in [6, 6.07) is 4.29. The van der Waals surface area contributed by atoms with Crippen LogP contribution >= 0.6 is 11.3 Å². The van der Waals surface area contributed by atoms with E-state index in [4.69, 9.17) is 0 Å². The molecule has 1 heterocycles. The molecule has 0 saturated heterocycles. The first-order chi connectivity index (χ1) is 5.70. The van der Waals surface area contributed by atoms with Crippen molar-refractivity contribution in [2.45, 2.75) is 32.5 Å². The van der Waals surface area contributed by atoms with Crippen molar-refractivity contribution in [3.05, 3.63) is 22.4 Å². The van der Waals surface area contributed by atoms with Crippen LogP contribution in [0.25, 0.3) is 0 Å². The highest BCUT2D eigenvalue weighted by atomic mass is 32.1. The van der Waals surface area contributed by atoms with Gasteiger partial charge in [-0.25, -0.2) is 0 Å². The van der Waals surface area contributed by atoms with E-state index in [-0.39, 0.29) is 12.1 Å². The van der Waals surface area contributed by atoms with E-state index in [1.54, 1.807) is 18.3 Å². The molecule has 1 aromatic heterocycles. The van der Waals surface area contributed by atoms with Crippen molar-refractivity contribution in [1.29, 1.82) is 0 Å². The van der Waals surface area contributed by atoms with E-state index in [0.717, 1.165) is 6.54 Å². The van der Waals surface area contributed by atoms with Crippen LogP contribution in [0.15, 0.2) is 17.5 Å². The Labute approximate surface area is 77.2 Å². The lowest BCUT2D eigenvalue weighted by molar-refractivity contribution is 0.152. The summed E-state index contributed by atoms with van der Waals surface area (Å²) in [7, 11) is 0. The van der Waals surface area contributed by atoms with Gasteiger partial charge < -0.3 is 10.4 Å². The molecule has 0 fully saturated rings. The summed E-state index contributed by atoms with van der Waals surface area (Å²) in [5, 5.41) is 14.5. The average molecular weight is 185 g/mol. The number of hydrogen-bond donors (Lipinski definition) is 2. The third-order valence-corrected chi connectivity index (χ3v) is 2.78. The molecule has 2 atom stereocenters. The second-order valence-corrected chi connectivity index (χ2v) is 4.02. The average Bonchev–Trinajstić information content (AvgIpc) is 2.51. The molecule has 2 unspecified atom stereocenters. The van der Waals surface area contributed by atoms with Gasteiger partial charge >= 0.3 is 0 Å². The third-order valence-electron chi connectivity index (χ3n) is 1.90. The minimum absolute atomic E-state index is 0.159. The quantitative estimate of drug-likeness (QED) is 0.747. The van der Waals surface area contributed by atoms with Gasteiger partial charge in [0.1, 0.15) is 0 Å². The molecule has 0 aliphatic rings. The molecule has 0 bridgehead atoms. The van der Waals surface area contributed by atoms with E-state index in [9.17, 15) is 5.11 Å². The maximum Gasteiger partial charge on any atom is 0.0662 e. The summed E-state index contributed by atoms with van der Waals surface area (Å²) in [5.41, 5.74) is 0. The Kier molecular flexibility index (Phi) is 3.72. The Morgan fingerprint density at radius 3 is 2.83 bits per heavy atom. The van der Waals surface area contributed by atoms with E-state index in [1.165, 1.54) is 4.88 Å². The second-order valence-electron chi connectivity index (χ2n) is 2.99. The fourth-order valence-corrected chi connectivity index (χ4v) is 1.50.